The van der Waals surface area contributed by atoms with Crippen LogP contribution in [0.15, 0.2) is 217 Å². The van der Waals surface area contributed by atoms with E-state index in [0.29, 0.717) is 0 Å². The molecular weight excluding hydrogens is 1160 g/mol. The molecule has 0 bridgehead atoms. The molecule has 0 radical (unpaired) electrons. The Morgan fingerprint density at radius 2 is 0.583 bits per heavy atom. The van der Waals surface area contributed by atoms with Crippen molar-refractivity contribution in [1.82, 2.24) is 8.80 Å². The SMILES string of the molecule is CC(C)(C)c1cc(-c2cc(-c3ccc(N(c4ccccc4)c4ccccc4)cc3)c3c(c2)c2cc(-c4cc(C(C)(C)C)cc(C(C)(C)C)c4)cc4c5cc6c7cc(-c8cc(C(C)(C)C)cc(C(C)(C)C)c8)cc8c9oc%10ccccc%10c9n(c6cc5n3c42)c78)cc(C(C)(C)C)c1. The van der Waals surface area contributed by atoms with Crippen molar-refractivity contribution in [2.45, 2.75) is 157 Å². The summed E-state index contributed by atoms with van der Waals surface area (Å²) < 4.78 is 12.3. The molecule has 11 aromatic carbocycles. The monoisotopic (exact) mass is 1250 g/mol. The average Bonchev–Trinajstić information content (AvgIpc) is 1.51. The maximum Gasteiger partial charge on any atom is 0.161 e. The van der Waals surface area contributed by atoms with Crippen LogP contribution < -0.4 is 4.90 Å². The zero-order valence-corrected chi connectivity index (χ0v) is 59.5. The molecule has 0 spiro atoms. The van der Waals surface area contributed by atoms with Crippen molar-refractivity contribution in [1.29, 1.82) is 0 Å². The number of aromatic nitrogens is 2. The largest absolute Gasteiger partial charge is 0.454 e. The highest BCUT2D eigenvalue weighted by Crippen LogP contribution is 2.52. The van der Waals surface area contributed by atoms with Crippen LogP contribution in [-0.2, 0) is 32.5 Å². The van der Waals surface area contributed by atoms with Gasteiger partial charge in [0.2, 0.25) is 0 Å². The first-order valence-corrected chi connectivity index (χ1v) is 34.7. The standard InChI is InChI=1S/C92H89N3O/c1-87(2,3)61-37-55(38-62(49-61)88(4,5)6)58-43-71(54-33-35-69(36-34-54)93(67-27-21-19-22-28-67)68-29-23-20-24-30-68)82-76(46-58)77-47-59(56-39-63(89(7,8)9)50-64(40-56)90(10,11)12)44-74-72-52-73-75-45-60(57-41-65(91(13,14)15)51-66(42-57)92(16,17)18)48-78-84(75)95(80(73)53-79(72)94(82)83(74)77)85-70-31-25-26-32-81(70)96-86(78)85/h19-53H,1-18H3. The fourth-order valence-electron chi connectivity index (χ4n) is 15.2. The van der Waals surface area contributed by atoms with E-state index in [2.05, 4.69) is 351 Å². The smallest absolute Gasteiger partial charge is 0.161 e. The van der Waals surface area contributed by atoms with E-state index in [1.807, 2.05) is 0 Å². The van der Waals surface area contributed by atoms with Gasteiger partial charge in [-0.3, -0.25) is 0 Å². The lowest BCUT2D eigenvalue weighted by Gasteiger charge is -2.26. The number of nitrogens with zero attached hydrogens (tertiary/aromatic N) is 3. The normalized spacial score (nSPS) is 13.3. The number of fused-ring (bicyclic) bond motifs is 14. The maximum absolute atomic E-state index is 7.09. The minimum Gasteiger partial charge on any atom is -0.454 e. The number of para-hydroxylation sites is 3. The van der Waals surface area contributed by atoms with Crippen LogP contribution >= 0.6 is 0 Å². The fourth-order valence-corrected chi connectivity index (χ4v) is 15.2. The molecule has 0 amide bonds. The topological polar surface area (TPSA) is 25.2 Å². The summed E-state index contributed by atoms with van der Waals surface area (Å²) >= 11 is 0. The molecule has 4 nitrogen and oxygen atoms in total. The molecule has 5 aromatic heterocycles. The average molecular weight is 1250 g/mol. The van der Waals surface area contributed by atoms with Crippen molar-refractivity contribution in [3.63, 3.8) is 0 Å². The summed E-state index contributed by atoms with van der Waals surface area (Å²) in [6, 6.07) is 81.8. The van der Waals surface area contributed by atoms with Crippen LogP contribution in [0.1, 0.15) is 158 Å². The van der Waals surface area contributed by atoms with Crippen LogP contribution in [-0.4, -0.2) is 8.80 Å². The minimum absolute atomic E-state index is 0.0493. The van der Waals surface area contributed by atoms with Gasteiger partial charge in [0.25, 0.3) is 0 Å². The van der Waals surface area contributed by atoms with Gasteiger partial charge in [-0.1, -0.05) is 240 Å². The van der Waals surface area contributed by atoms with Crippen LogP contribution in [0.4, 0.5) is 17.1 Å². The molecule has 0 atom stereocenters. The molecule has 16 aromatic rings. The molecule has 0 saturated heterocycles. The number of rotatable bonds is 7. The van der Waals surface area contributed by atoms with E-state index in [4.69, 9.17) is 4.42 Å². The highest BCUT2D eigenvalue weighted by molar-refractivity contribution is 6.32. The zero-order valence-electron chi connectivity index (χ0n) is 59.5. The number of furan rings is 1. The van der Waals surface area contributed by atoms with Gasteiger partial charge in [-0.2, -0.15) is 0 Å². The number of hydrogen-bond acceptors (Lipinski definition) is 2. The second-order valence-electron chi connectivity index (χ2n) is 34.0. The van der Waals surface area contributed by atoms with Gasteiger partial charge in [0, 0.05) is 65.7 Å². The molecule has 96 heavy (non-hydrogen) atoms. The predicted molar refractivity (Wildman–Crippen MR) is 414 cm³/mol. The summed E-state index contributed by atoms with van der Waals surface area (Å²) in [5, 5.41) is 9.68. The fraction of sp³-hybridized carbons (Fsp3) is 0.261. The lowest BCUT2D eigenvalue weighted by molar-refractivity contribution is 0.568. The van der Waals surface area contributed by atoms with E-state index < -0.39 is 0 Å². The Bertz CT molecular complexity index is 5650. The molecule has 0 fully saturated rings. The molecule has 0 unspecified atom stereocenters. The molecule has 0 aliphatic heterocycles. The van der Waals surface area contributed by atoms with Crippen LogP contribution in [0.2, 0.25) is 0 Å². The third kappa shape index (κ3) is 9.90. The van der Waals surface area contributed by atoms with Gasteiger partial charge < -0.3 is 18.1 Å². The summed E-state index contributed by atoms with van der Waals surface area (Å²) in [6.07, 6.45) is 0. The van der Waals surface area contributed by atoms with Gasteiger partial charge >= 0.3 is 0 Å². The van der Waals surface area contributed by atoms with Crippen LogP contribution in [0, 0.1) is 0 Å². The Kier molecular flexibility index (Phi) is 13.4. The zero-order chi connectivity index (χ0) is 67.2. The highest BCUT2D eigenvalue weighted by atomic mass is 16.3. The second kappa shape index (κ2) is 20.9. The molecule has 16 rings (SSSR count). The molecule has 5 heterocycles. The molecule has 478 valence electrons. The van der Waals surface area contributed by atoms with Crippen molar-refractivity contribution >= 4 is 104 Å². The first-order chi connectivity index (χ1) is 45.3. The van der Waals surface area contributed by atoms with Crippen molar-refractivity contribution in [2.75, 3.05) is 4.90 Å². The van der Waals surface area contributed by atoms with Crippen LogP contribution in [0.25, 0.3) is 132 Å². The Labute approximate surface area is 566 Å². The lowest BCUT2D eigenvalue weighted by Crippen LogP contribution is -2.16. The Morgan fingerprint density at radius 3 is 1.01 bits per heavy atom. The van der Waals surface area contributed by atoms with Crippen molar-refractivity contribution in [3.8, 4) is 44.5 Å². The number of anilines is 3. The third-order valence-electron chi connectivity index (χ3n) is 21.0. The van der Waals surface area contributed by atoms with Crippen LogP contribution in [0.5, 0.6) is 0 Å². The van der Waals surface area contributed by atoms with Gasteiger partial charge in [-0.25, -0.2) is 0 Å². The Hall–Kier alpha value is -9.64. The van der Waals surface area contributed by atoms with Crippen molar-refractivity contribution < 1.29 is 4.42 Å². The molecule has 0 saturated carbocycles. The summed E-state index contributed by atoms with van der Waals surface area (Å²) in [6.45, 7) is 42.3. The van der Waals surface area contributed by atoms with E-state index in [-0.39, 0.29) is 32.5 Å². The van der Waals surface area contributed by atoms with Gasteiger partial charge in [0.15, 0.2) is 5.58 Å². The lowest BCUT2D eigenvalue weighted by atomic mass is 9.78. The molecule has 0 aliphatic carbocycles. The summed E-state index contributed by atoms with van der Waals surface area (Å²) in [5.74, 6) is 0. The van der Waals surface area contributed by atoms with E-state index >= 15 is 0 Å². The number of hydrogen-bond donors (Lipinski definition) is 0. The third-order valence-corrected chi connectivity index (χ3v) is 21.0. The first-order valence-electron chi connectivity index (χ1n) is 34.7. The summed E-state index contributed by atoms with van der Waals surface area (Å²) in [5.41, 5.74) is 29.5. The van der Waals surface area contributed by atoms with E-state index in [9.17, 15) is 0 Å². The summed E-state index contributed by atoms with van der Waals surface area (Å²) in [7, 11) is 0. The van der Waals surface area contributed by atoms with E-state index in [1.165, 1.54) is 132 Å². The second-order valence-corrected chi connectivity index (χ2v) is 34.0. The minimum atomic E-state index is -0.0751. The maximum atomic E-state index is 7.09. The molecule has 0 aliphatic rings. The van der Waals surface area contributed by atoms with Crippen LogP contribution in [0.3, 0.4) is 0 Å². The summed E-state index contributed by atoms with van der Waals surface area (Å²) in [4.78, 5) is 2.36. The van der Waals surface area contributed by atoms with Crippen molar-refractivity contribution in [2.24, 2.45) is 0 Å². The van der Waals surface area contributed by atoms with Gasteiger partial charge in [0.05, 0.1) is 27.6 Å². The molecule has 4 heteroatoms. The molecule has 0 N–H and O–H groups in total. The quantitative estimate of drug-likeness (QED) is 0.159. The Morgan fingerprint density at radius 1 is 0.250 bits per heavy atom. The van der Waals surface area contributed by atoms with Crippen molar-refractivity contribution in [3.05, 3.63) is 246 Å². The van der Waals surface area contributed by atoms with Gasteiger partial charge in [-0.05, 0) is 202 Å². The van der Waals surface area contributed by atoms with Gasteiger partial charge in [0.1, 0.15) is 11.1 Å². The number of benzene rings is 11. The molecular formula is C92H89N3O. The highest BCUT2D eigenvalue weighted by Gasteiger charge is 2.31. The first kappa shape index (κ1) is 61.2. The van der Waals surface area contributed by atoms with E-state index in [0.717, 1.165) is 50.1 Å². The Balaban J connectivity index is 1.07. The van der Waals surface area contributed by atoms with Gasteiger partial charge in [-0.15, -0.1) is 0 Å². The predicted octanol–water partition coefficient (Wildman–Crippen LogP) is 26.7. The van der Waals surface area contributed by atoms with E-state index in [1.54, 1.807) is 0 Å².